The predicted molar refractivity (Wildman–Crippen MR) is 89.0 cm³/mol. The number of amides is 1. The average Bonchev–Trinajstić information content (AvgIpc) is 3.10. The molecule has 7 heteroatoms. The van der Waals surface area contributed by atoms with Gasteiger partial charge in [-0.2, -0.15) is 4.98 Å². The van der Waals surface area contributed by atoms with Crippen LogP contribution in [0.1, 0.15) is 34.9 Å². The molecule has 2 aromatic heterocycles. The minimum atomic E-state index is -0.205. The van der Waals surface area contributed by atoms with Crippen molar-refractivity contribution in [2.24, 2.45) is 0 Å². The summed E-state index contributed by atoms with van der Waals surface area (Å²) in [6.07, 6.45) is 2.23. The van der Waals surface area contributed by atoms with Crippen LogP contribution in [-0.2, 0) is 0 Å². The van der Waals surface area contributed by atoms with E-state index in [1.807, 2.05) is 11.4 Å². The van der Waals surface area contributed by atoms with Gasteiger partial charge in [0.2, 0.25) is 0 Å². The van der Waals surface area contributed by atoms with Gasteiger partial charge >= 0.3 is 0 Å². The standard InChI is InChI=1S/C16H12ClN3O2S/c17-11-5-3-10(4-6-11)15(21)18-12-7-8-23-13(12)16-19-14(20-22-16)9-1-2-9/h3-9H,1-2H2,(H,18,21). The van der Waals surface area contributed by atoms with Crippen molar-refractivity contribution in [1.82, 2.24) is 10.1 Å². The molecule has 0 saturated heterocycles. The fraction of sp³-hybridized carbons (Fsp3) is 0.188. The lowest BCUT2D eigenvalue weighted by Crippen LogP contribution is -2.11. The monoisotopic (exact) mass is 345 g/mol. The van der Waals surface area contributed by atoms with Gasteiger partial charge in [-0.05, 0) is 48.6 Å². The summed E-state index contributed by atoms with van der Waals surface area (Å²) in [6.45, 7) is 0. The molecular formula is C16H12ClN3O2S. The van der Waals surface area contributed by atoms with E-state index in [1.54, 1.807) is 24.3 Å². The summed E-state index contributed by atoms with van der Waals surface area (Å²) in [4.78, 5) is 17.5. The molecule has 0 aliphatic heterocycles. The van der Waals surface area contributed by atoms with Crippen molar-refractivity contribution in [1.29, 1.82) is 0 Å². The zero-order chi connectivity index (χ0) is 15.8. The molecule has 1 amide bonds. The highest BCUT2D eigenvalue weighted by molar-refractivity contribution is 7.14. The Hall–Kier alpha value is -2.18. The zero-order valence-corrected chi connectivity index (χ0v) is 13.5. The maximum absolute atomic E-state index is 12.3. The molecule has 1 saturated carbocycles. The highest BCUT2D eigenvalue weighted by Gasteiger charge is 2.29. The SMILES string of the molecule is O=C(Nc1ccsc1-c1nc(C2CC2)no1)c1ccc(Cl)cc1. The van der Waals surface area contributed by atoms with Crippen LogP contribution in [0.15, 0.2) is 40.2 Å². The minimum absolute atomic E-state index is 0.205. The zero-order valence-electron chi connectivity index (χ0n) is 12.0. The van der Waals surface area contributed by atoms with Gasteiger partial charge in [-0.25, -0.2) is 0 Å². The van der Waals surface area contributed by atoms with Gasteiger partial charge in [-0.1, -0.05) is 16.8 Å². The lowest BCUT2D eigenvalue weighted by atomic mass is 10.2. The Morgan fingerprint density at radius 1 is 1.26 bits per heavy atom. The first-order chi connectivity index (χ1) is 11.2. The second-order valence-electron chi connectivity index (χ2n) is 5.36. The first-order valence-electron chi connectivity index (χ1n) is 7.19. The van der Waals surface area contributed by atoms with Crippen molar-refractivity contribution < 1.29 is 9.32 Å². The molecule has 1 aliphatic carbocycles. The molecule has 0 unspecified atom stereocenters. The molecular weight excluding hydrogens is 334 g/mol. The van der Waals surface area contributed by atoms with Crippen LogP contribution in [0.25, 0.3) is 10.8 Å². The molecule has 1 fully saturated rings. The maximum Gasteiger partial charge on any atom is 0.270 e. The molecule has 1 aromatic carbocycles. The van der Waals surface area contributed by atoms with Crippen LogP contribution in [-0.4, -0.2) is 16.0 Å². The third kappa shape index (κ3) is 3.00. The number of nitrogens with zero attached hydrogens (tertiary/aromatic N) is 2. The number of aromatic nitrogens is 2. The quantitative estimate of drug-likeness (QED) is 0.751. The van der Waals surface area contributed by atoms with Crippen LogP contribution in [0.3, 0.4) is 0 Å². The first kappa shape index (κ1) is 14.4. The summed E-state index contributed by atoms with van der Waals surface area (Å²) in [6, 6.07) is 8.56. The van der Waals surface area contributed by atoms with Crippen LogP contribution in [0, 0.1) is 0 Å². The van der Waals surface area contributed by atoms with Crippen LogP contribution in [0.2, 0.25) is 5.02 Å². The van der Waals surface area contributed by atoms with Gasteiger partial charge in [0.1, 0.15) is 4.88 Å². The number of benzene rings is 1. The molecule has 0 bridgehead atoms. The summed E-state index contributed by atoms with van der Waals surface area (Å²) in [5, 5.41) is 9.37. The fourth-order valence-corrected chi connectivity index (χ4v) is 3.10. The molecule has 2 heterocycles. The molecule has 116 valence electrons. The van der Waals surface area contributed by atoms with Crippen molar-refractivity contribution in [3.8, 4) is 10.8 Å². The number of hydrogen-bond acceptors (Lipinski definition) is 5. The van der Waals surface area contributed by atoms with Gasteiger partial charge < -0.3 is 9.84 Å². The minimum Gasteiger partial charge on any atom is -0.333 e. The Morgan fingerprint density at radius 2 is 2.04 bits per heavy atom. The van der Waals surface area contributed by atoms with Crippen molar-refractivity contribution in [3.63, 3.8) is 0 Å². The van der Waals surface area contributed by atoms with E-state index in [1.165, 1.54) is 11.3 Å². The number of anilines is 1. The van der Waals surface area contributed by atoms with E-state index in [-0.39, 0.29) is 5.91 Å². The van der Waals surface area contributed by atoms with Gasteiger partial charge in [0.25, 0.3) is 11.8 Å². The lowest BCUT2D eigenvalue weighted by Gasteiger charge is -2.04. The van der Waals surface area contributed by atoms with Gasteiger partial charge in [-0.3, -0.25) is 4.79 Å². The van der Waals surface area contributed by atoms with E-state index in [0.717, 1.165) is 23.5 Å². The molecule has 4 rings (SSSR count). The maximum atomic E-state index is 12.3. The number of carbonyl (C=O) groups is 1. The second-order valence-corrected chi connectivity index (χ2v) is 6.71. The topological polar surface area (TPSA) is 68.0 Å². The molecule has 23 heavy (non-hydrogen) atoms. The first-order valence-corrected chi connectivity index (χ1v) is 8.45. The van der Waals surface area contributed by atoms with Crippen molar-refractivity contribution in [3.05, 3.63) is 52.1 Å². The summed E-state index contributed by atoms with van der Waals surface area (Å²) in [5.74, 6) is 1.43. The van der Waals surface area contributed by atoms with Crippen LogP contribution in [0.4, 0.5) is 5.69 Å². The van der Waals surface area contributed by atoms with Crippen molar-refractivity contribution in [2.45, 2.75) is 18.8 Å². The molecule has 0 radical (unpaired) electrons. The lowest BCUT2D eigenvalue weighted by molar-refractivity contribution is 0.102. The number of thiophene rings is 1. The summed E-state index contributed by atoms with van der Waals surface area (Å²) < 4.78 is 5.33. The molecule has 1 aliphatic rings. The van der Waals surface area contributed by atoms with Crippen molar-refractivity contribution in [2.75, 3.05) is 5.32 Å². The largest absolute Gasteiger partial charge is 0.333 e. The summed E-state index contributed by atoms with van der Waals surface area (Å²) in [5.41, 5.74) is 1.21. The van der Waals surface area contributed by atoms with Gasteiger partial charge in [0.15, 0.2) is 5.82 Å². The van der Waals surface area contributed by atoms with E-state index in [2.05, 4.69) is 15.5 Å². The Morgan fingerprint density at radius 3 is 2.78 bits per heavy atom. The number of nitrogens with one attached hydrogen (secondary N) is 1. The smallest absolute Gasteiger partial charge is 0.270 e. The van der Waals surface area contributed by atoms with E-state index < -0.39 is 0 Å². The third-order valence-corrected chi connectivity index (χ3v) is 4.75. The summed E-state index contributed by atoms with van der Waals surface area (Å²) in [7, 11) is 0. The number of halogens is 1. The van der Waals surface area contributed by atoms with E-state index in [0.29, 0.717) is 28.1 Å². The number of rotatable bonds is 4. The Balaban J connectivity index is 1.56. The van der Waals surface area contributed by atoms with Crippen LogP contribution < -0.4 is 5.32 Å². The van der Waals surface area contributed by atoms with E-state index in [9.17, 15) is 4.79 Å². The second kappa shape index (κ2) is 5.79. The van der Waals surface area contributed by atoms with Gasteiger partial charge in [0.05, 0.1) is 5.69 Å². The summed E-state index contributed by atoms with van der Waals surface area (Å²) >= 11 is 7.30. The average molecular weight is 346 g/mol. The number of carbonyl (C=O) groups excluding carboxylic acids is 1. The normalized spacial score (nSPS) is 14.0. The molecule has 0 atom stereocenters. The Labute approximate surface area is 141 Å². The molecule has 1 N–H and O–H groups in total. The highest BCUT2D eigenvalue weighted by Crippen LogP contribution is 2.40. The van der Waals surface area contributed by atoms with E-state index >= 15 is 0 Å². The van der Waals surface area contributed by atoms with Crippen LogP contribution >= 0.6 is 22.9 Å². The Bertz CT molecular complexity index is 852. The van der Waals surface area contributed by atoms with Gasteiger partial charge in [-0.15, -0.1) is 11.3 Å². The molecule has 3 aromatic rings. The van der Waals surface area contributed by atoms with E-state index in [4.69, 9.17) is 16.1 Å². The Kier molecular flexibility index (Phi) is 3.63. The highest BCUT2D eigenvalue weighted by atomic mass is 35.5. The predicted octanol–water partition coefficient (Wildman–Crippen LogP) is 4.58. The van der Waals surface area contributed by atoms with Crippen molar-refractivity contribution >= 4 is 34.5 Å². The third-order valence-electron chi connectivity index (χ3n) is 3.60. The molecule has 0 spiro atoms. The molecule has 5 nitrogen and oxygen atoms in total. The number of hydrogen-bond donors (Lipinski definition) is 1. The van der Waals surface area contributed by atoms with Gasteiger partial charge in [0, 0.05) is 16.5 Å². The van der Waals surface area contributed by atoms with Crippen LogP contribution in [0.5, 0.6) is 0 Å². The fourth-order valence-electron chi connectivity index (χ4n) is 2.20.